The number of benzene rings is 2. The molecule has 34 heavy (non-hydrogen) atoms. The van der Waals surface area contributed by atoms with Crippen LogP contribution in [0.25, 0.3) is 39.1 Å². The zero-order valence-corrected chi connectivity index (χ0v) is 18.2. The van der Waals surface area contributed by atoms with Crippen molar-refractivity contribution < 1.29 is 0 Å². The highest BCUT2D eigenvalue weighted by atomic mass is 15.3. The summed E-state index contributed by atoms with van der Waals surface area (Å²) in [6, 6.07) is 18.7. The van der Waals surface area contributed by atoms with Gasteiger partial charge in [-0.2, -0.15) is 9.61 Å². The molecule has 4 heterocycles. The Hall–Kier alpha value is -4.52. The van der Waals surface area contributed by atoms with E-state index >= 15 is 0 Å². The number of hydrogen-bond donors (Lipinski definition) is 0. The van der Waals surface area contributed by atoms with E-state index in [0.29, 0.717) is 5.78 Å². The average molecular weight is 441 g/mol. The van der Waals surface area contributed by atoms with Gasteiger partial charge in [-0.15, -0.1) is 0 Å². The molecule has 1 aliphatic carbocycles. The van der Waals surface area contributed by atoms with Gasteiger partial charge in [0.25, 0.3) is 5.78 Å². The van der Waals surface area contributed by atoms with Crippen LogP contribution in [0.2, 0.25) is 0 Å². The molecule has 1 aliphatic rings. The summed E-state index contributed by atoms with van der Waals surface area (Å²) in [5.74, 6) is 0.608. The minimum atomic E-state index is -0.141. The fourth-order valence-electron chi connectivity index (χ4n) is 4.79. The predicted molar refractivity (Wildman–Crippen MR) is 129 cm³/mol. The van der Waals surface area contributed by atoms with Gasteiger partial charge in [-0.3, -0.25) is 4.98 Å². The molecule has 1 saturated carbocycles. The Morgan fingerprint density at radius 3 is 2.29 bits per heavy atom. The van der Waals surface area contributed by atoms with E-state index in [4.69, 9.17) is 10.1 Å². The maximum atomic E-state index is 4.97. The van der Waals surface area contributed by atoms with Crippen LogP contribution in [0.3, 0.4) is 0 Å². The number of aromatic nitrogens is 7. The predicted octanol–water partition coefficient (Wildman–Crippen LogP) is 4.88. The first-order chi connectivity index (χ1) is 16.8. The van der Waals surface area contributed by atoms with Crippen molar-refractivity contribution in [1.82, 2.24) is 34.5 Å². The van der Waals surface area contributed by atoms with Crippen LogP contribution < -0.4 is 0 Å². The molecule has 1 fully saturated rings. The van der Waals surface area contributed by atoms with E-state index in [1.807, 2.05) is 35.4 Å². The van der Waals surface area contributed by atoms with E-state index < -0.39 is 0 Å². The topological polar surface area (TPSA) is 81.8 Å². The highest BCUT2D eigenvalue weighted by Gasteiger charge is 2.49. The van der Waals surface area contributed by atoms with Gasteiger partial charge in [0.1, 0.15) is 12.0 Å². The third kappa shape index (κ3) is 2.90. The van der Waals surface area contributed by atoms with Crippen molar-refractivity contribution in [2.45, 2.75) is 18.3 Å². The molecule has 0 amide bonds. The molecule has 162 valence electrons. The lowest BCUT2D eigenvalue weighted by molar-refractivity contribution is 0.742. The van der Waals surface area contributed by atoms with Crippen LogP contribution in [0, 0.1) is 0 Å². The Balaban J connectivity index is 1.32. The molecular formula is C27H19N7. The number of hydrogen-bond acceptors (Lipinski definition) is 6. The van der Waals surface area contributed by atoms with Crippen LogP contribution in [0.4, 0.5) is 0 Å². The lowest BCUT2D eigenvalue weighted by Gasteiger charge is -2.17. The highest BCUT2D eigenvalue weighted by Crippen LogP contribution is 2.54. The second-order valence-electron chi connectivity index (χ2n) is 8.67. The van der Waals surface area contributed by atoms with Gasteiger partial charge in [0.2, 0.25) is 0 Å². The summed E-state index contributed by atoms with van der Waals surface area (Å²) < 4.78 is 1.91. The number of nitrogens with zero attached hydrogens (tertiary/aromatic N) is 7. The minimum Gasteiger partial charge on any atom is -0.256 e. The summed E-state index contributed by atoms with van der Waals surface area (Å²) in [7, 11) is 0. The Morgan fingerprint density at radius 2 is 1.47 bits per heavy atom. The fourth-order valence-corrected chi connectivity index (χ4v) is 4.79. The molecule has 0 N–H and O–H groups in total. The second-order valence-corrected chi connectivity index (χ2v) is 8.67. The highest BCUT2D eigenvalue weighted by molar-refractivity contribution is 5.84. The summed E-state index contributed by atoms with van der Waals surface area (Å²) in [6.45, 7) is 0. The molecule has 7 nitrogen and oxygen atoms in total. The zero-order chi connectivity index (χ0) is 22.5. The zero-order valence-electron chi connectivity index (χ0n) is 18.2. The fraction of sp³-hybridized carbons (Fsp3) is 0.111. The summed E-state index contributed by atoms with van der Waals surface area (Å²) in [6.07, 6.45) is 12.8. The maximum Gasteiger partial charge on any atom is 0.250 e. The van der Waals surface area contributed by atoms with Gasteiger partial charge >= 0.3 is 0 Å². The number of fused-ring (bicyclic) bond motifs is 2. The summed E-state index contributed by atoms with van der Waals surface area (Å²) in [5, 5.41) is 6.12. The van der Waals surface area contributed by atoms with Crippen molar-refractivity contribution in [3.05, 3.63) is 103 Å². The van der Waals surface area contributed by atoms with Crippen LogP contribution >= 0.6 is 0 Å². The Bertz CT molecular complexity index is 1650. The van der Waals surface area contributed by atoms with Gasteiger partial charge in [0.05, 0.1) is 23.6 Å². The SMILES string of the molecule is c1cnc2c(C3(c4cnc5ncc(-c6ccc(-c7cncnc7)cc6)nn45)CC3)cccc2c1. The van der Waals surface area contributed by atoms with Crippen LogP contribution in [0.5, 0.6) is 0 Å². The number of para-hydroxylation sites is 1. The third-order valence-corrected chi connectivity index (χ3v) is 6.69. The molecule has 0 aliphatic heterocycles. The van der Waals surface area contributed by atoms with E-state index in [1.165, 1.54) is 11.9 Å². The molecule has 7 rings (SSSR count). The number of pyridine rings is 1. The smallest absolute Gasteiger partial charge is 0.250 e. The summed E-state index contributed by atoms with van der Waals surface area (Å²) in [4.78, 5) is 22.1. The van der Waals surface area contributed by atoms with Crippen LogP contribution in [0.15, 0.2) is 91.9 Å². The van der Waals surface area contributed by atoms with Crippen molar-refractivity contribution >= 4 is 16.7 Å². The van der Waals surface area contributed by atoms with Crippen LogP contribution in [-0.4, -0.2) is 34.5 Å². The van der Waals surface area contributed by atoms with Gasteiger partial charge in [0.15, 0.2) is 0 Å². The number of imidazole rings is 1. The lowest BCUT2D eigenvalue weighted by atomic mass is 9.90. The lowest BCUT2D eigenvalue weighted by Crippen LogP contribution is -2.14. The van der Waals surface area contributed by atoms with Gasteiger partial charge < -0.3 is 0 Å². The molecule has 6 aromatic rings. The van der Waals surface area contributed by atoms with E-state index in [0.717, 1.165) is 51.8 Å². The largest absolute Gasteiger partial charge is 0.256 e. The van der Waals surface area contributed by atoms with Gasteiger partial charge in [-0.1, -0.05) is 48.5 Å². The van der Waals surface area contributed by atoms with Crippen molar-refractivity contribution in [3.63, 3.8) is 0 Å². The van der Waals surface area contributed by atoms with E-state index in [2.05, 4.69) is 68.5 Å². The van der Waals surface area contributed by atoms with Crippen LogP contribution in [-0.2, 0) is 5.41 Å². The third-order valence-electron chi connectivity index (χ3n) is 6.69. The van der Waals surface area contributed by atoms with E-state index in [1.54, 1.807) is 6.20 Å². The number of rotatable bonds is 4. The first-order valence-corrected chi connectivity index (χ1v) is 11.2. The first kappa shape index (κ1) is 19.0. The Labute approximate surface area is 195 Å². The first-order valence-electron chi connectivity index (χ1n) is 11.2. The summed E-state index contributed by atoms with van der Waals surface area (Å²) in [5.41, 5.74) is 7.02. The molecule has 7 heteroatoms. The molecule has 0 atom stereocenters. The molecule has 0 bridgehead atoms. The molecular weight excluding hydrogens is 422 g/mol. The van der Waals surface area contributed by atoms with Crippen LogP contribution in [0.1, 0.15) is 24.1 Å². The Kier molecular flexibility index (Phi) is 4.05. The van der Waals surface area contributed by atoms with Gasteiger partial charge in [0, 0.05) is 40.5 Å². The normalized spacial score (nSPS) is 14.5. The van der Waals surface area contributed by atoms with Crippen molar-refractivity contribution in [3.8, 4) is 22.4 Å². The van der Waals surface area contributed by atoms with Crippen molar-refractivity contribution in [1.29, 1.82) is 0 Å². The quantitative estimate of drug-likeness (QED) is 0.388. The molecule has 0 spiro atoms. The van der Waals surface area contributed by atoms with E-state index in [9.17, 15) is 0 Å². The maximum absolute atomic E-state index is 4.97. The second kappa shape index (κ2) is 7.25. The van der Waals surface area contributed by atoms with Gasteiger partial charge in [-0.05, 0) is 30.0 Å². The molecule has 2 aromatic carbocycles. The monoisotopic (exact) mass is 441 g/mol. The molecule has 4 aromatic heterocycles. The summed E-state index contributed by atoms with van der Waals surface area (Å²) >= 11 is 0. The minimum absolute atomic E-state index is 0.141. The van der Waals surface area contributed by atoms with Crippen molar-refractivity contribution in [2.75, 3.05) is 0 Å². The average Bonchev–Trinajstić information content (AvgIpc) is 3.60. The Morgan fingerprint density at radius 1 is 0.706 bits per heavy atom. The van der Waals surface area contributed by atoms with Gasteiger partial charge in [-0.25, -0.2) is 19.9 Å². The molecule has 0 unspecified atom stereocenters. The molecule has 0 saturated heterocycles. The van der Waals surface area contributed by atoms with Crippen molar-refractivity contribution in [2.24, 2.45) is 0 Å². The van der Waals surface area contributed by atoms with E-state index in [-0.39, 0.29) is 5.41 Å². The molecule has 0 radical (unpaired) electrons. The standard InChI is InChI=1S/C27H19N7/c1-3-20-4-2-12-30-25(20)22(5-1)27(10-11-27)24-16-32-26-31-15-23(33-34(24)26)19-8-6-18(7-9-19)21-13-28-17-29-14-21/h1-9,12-17H,10-11H2.